The van der Waals surface area contributed by atoms with E-state index in [1.54, 1.807) is 41.5 Å². The molecule has 28 heavy (non-hydrogen) atoms. The number of rotatable bonds is 4. The van der Waals surface area contributed by atoms with Gasteiger partial charge in [0.05, 0.1) is 23.0 Å². The molecule has 3 aromatic heterocycles. The highest BCUT2D eigenvalue weighted by Crippen LogP contribution is 2.32. The van der Waals surface area contributed by atoms with Crippen molar-refractivity contribution in [3.63, 3.8) is 0 Å². The summed E-state index contributed by atoms with van der Waals surface area (Å²) < 4.78 is 1.96. The average molecular weight is 392 g/mol. The predicted molar refractivity (Wildman–Crippen MR) is 111 cm³/mol. The number of H-pyrrole nitrogens is 1. The second kappa shape index (κ2) is 7.09. The van der Waals surface area contributed by atoms with E-state index in [1.165, 1.54) is 0 Å². The molecule has 0 bridgehead atoms. The van der Waals surface area contributed by atoms with E-state index >= 15 is 0 Å². The van der Waals surface area contributed by atoms with Gasteiger partial charge in [-0.05, 0) is 43.7 Å². The van der Waals surface area contributed by atoms with Crippen molar-refractivity contribution < 1.29 is 4.79 Å². The number of carbonyl (C=O) groups excluding carboxylic acids is 1. The first-order valence-electron chi connectivity index (χ1n) is 8.92. The number of thiophene rings is 1. The van der Waals surface area contributed by atoms with Crippen molar-refractivity contribution in [3.8, 4) is 5.00 Å². The molecule has 0 saturated heterocycles. The molecule has 4 rings (SSSR count). The number of benzene rings is 1. The summed E-state index contributed by atoms with van der Waals surface area (Å²) in [5, 5.41) is 1.44. The molecule has 0 saturated carbocycles. The molecular formula is C21H20N4O2S. The molecule has 1 N–H and O–H groups in total. The van der Waals surface area contributed by atoms with E-state index in [1.807, 2.05) is 49.0 Å². The minimum atomic E-state index is -0.197. The first-order valence-corrected chi connectivity index (χ1v) is 9.74. The molecule has 0 aliphatic heterocycles. The number of para-hydroxylation sites is 1. The largest absolute Gasteiger partial charge is 0.334 e. The SMILES string of the molecule is Cc1sc(-n2cccc2)c(C(=O)N(C)Cc2nc3ccccc3c(=O)[nH]2)c1C. The van der Waals surface area contributed by atoms with Crippen molar-refractivity contribution in [2.45, 2.75) is 20.4 Å². The van der Waals surface area contributed by atoms with Crippen LogP contribution in [0.2, 0.25) is 0 Å². The molecule has 1 aromatic carbocycles. The number of nitrogens with zero attached hydrogens (tertiary/aromatic N) is 3. The lowest BCUT2D eigenvalue weighted by atomic mass is 10.1. The highest BCUT2D eigenvalue weighted by Gasteiger charge is 2.24. The van der Waals surface area contributed by atoms with Crippen LogP contribution in [0.1, 0.15) is 26.6 Å². The predicted octanol–water partition coefficient (Wildman–Crippen LogP) is 3.66. The van der Waals surface area contributed by atoms with Crippen LogP contribution in [0.4, 0.5) is 0 Å². The zero-order chi connectivity index (χ0) is 19.8. The molecule has 4 aromatic rings. The highest BCUT2D eigenvalue weighted by atomic mass is 32.1. The standard InChI is InChI=1S/C21H20N4O2S/c1-13-14(2)28-21(25-10-6-7-11-25)18(13)20(27)24(3)12-17-22-16-9-5-4-8-15(16)19(26)23-17/h4-11H,12H2,1-3H3,(H,22,23,26). The maximum atomic E-state index is 13.2. The monoisotopic (exact) mass is 392 g/mol. The van der Waals surface area contributed by atoms with Gasteiger partial charge in [-0.1, -0.05) is 12.1 Å². The fourth-order valence-electron chi connectivity index (χ4n) is 3.21. The molecule has 0 radical (unpaired) electrons. The summed E-state index contributed by atoms with van der Waals surface area (Å²) in [6, 6.07) is 11.1. The molecule has 6 nitrogen and oxygen atoms in total. The van der Waals surface area contributed by atoms with Crippen LogP contribution in [0.3, 0.4) is 0 Å². The number of aryl methyl sites for hydroxylation is 1. The first kappa shape index (κ1) is 18.2. The zero-order valence-electron chi connectivity index (χ0n) is 15.9. The molecule has 3 heterocycles. The van der Waals surface area contributed by atoms with Crippen molar-refractivity contribution in [2.24, 2.45) is 0 Å². The fourth-order valence-corrected chi connectivity index (χ4v) is 4.32. The van der Waals surface area contributed by atoms with E-state index in [9.17, 15) is 9.59 Å². The van der Waals surface area contributed by atoms with Gasteiger partial charge >= 0.3 is 0 Å². The van der Waals surface area contributed by atoms with E-state index in [-0.39, 0.29) is 18.0 Å². The van der Waals surface area contributed by atoms with Crippen LogP contribution in [0.5, 0.6) is 0 Å². The zero-order valence-corrected chi connectivity index (χ0v) is 16.7. The fraction of sp³-hybridized carbons (Fsp3) is 0.190. The van der Waals surface area contributed by atoms with Crippen molar-refractivity contribution in [1.82, 2.24) is 19.4 Å². The van der Waals surface area contributed by atoms with Crippen molar-refractivity contribution >= 4 is 28.1 Å². The van der Waals surface area contributed by atoms with Crippen molar-refractivity contribution in [1.29, 1.82) is 0 Å². The highest BCUT2D eigenvalue weighted by molar-refractivity contribution is 7.15. The molecule has 1 amide bonds. The third kappa shape index (κ3) is 3.14. The molecule has 0 aliphatic carbocycles. The number of carbonyl (C=O) groups is 1. The molecule has 0 fully saturated rings. The van der Waals surface area contributed by atoms with Gasteiger partial charge < -0.3 is 14.5 Å². The van der Waals surface area contributed by atoms with Crippen LogP contribution < -0.4 is 5.56 Å². The number of nitrogens with one attached hydrogen (secondary N) is 1. The summed E-state index contributed by atoms with van der Waals surface area (Å²) in [5.41, 5.74) is 2.09. The first-order chi connectivity index (χ1) is 13.5. The van der Waals surface area contributed by atoms with E-state index in [2.05, 4.69) is 9.97 Å². The Kier molecular flexibility index (Phi) is 4.60. The van der Waals surface area contributed by atoms with Crippen molar-refractivity contribution in [2.75, 3.05) is 7.05 Å². The maximum Gasteiger partial charge on any atom is 0.258 e. The second-order valence-corrected chi connectivity index (χ2v) is 7.95. The minimum absolute atomic E-state index is 0.0960. The Morgan fingerprint density at radius 1 is 1.18 bits per heavy atom. The molecule has 0 aliphatic rings. The smallest absolute Gasteiger partial charge is 0.258 e. The van der Waals surface area contributed by atoms with Gasteiger partial charge in [-0.2, -0.15) is 0 Å². The van der Waals surface area contributed by atoms with Crippen LogP contribution in [-0.4, -0.2) is 32.4 Å². The third-order valence-electron chi connectivity index (χ3n) is 4.82. The quantitative estimate of drug-likeness (QED) is 0.576. The Hall–Kier alpha value is -3.19. The third-order valence-corrected chi connectivity index (χ3v) is 6.04. The number of hydrogen-bond acceptors (Lipinski definition) is 4. The van der Waals surface area contributed by atoms with E-state index in [0.29, 0.717) is 22.3 Å². The van der Waals surface area contributed by atoms with Crippen LogP contribution in [0.25, 0.3) is 15.9 Å². The molecule has 142 valence electrons. The lowest BCUT2D eigenvalue weighted by Gasteiger charge is -2.18. The van der Waals surface area contributed by atoms with Gasteiger partial charge in [0.1, 0.15) is 10.8 Å². The van der Waals surface area contributed by atoms with Crippen molar-refractivity contribution in [3.05, 3.63) is 81.0 Å². The topological polar surface area (TPSA) is 71.0 Å². The minimum Gasteiger partial charge on any atom is -0.334 e. The summed E-state index contributed by atoms with van der Waals surface area (Å²) in [4.78, 5) is 35.5. The average Bonchev–Trinajstić information content (AvgIpc) is 3.30. The Balaban J connectivity index is 1.68. The van der Waals surface area contributed by atoms with Gasteiger partial charge in [-0.3, -0.25) is 9.59 Å². The number of aromatic nitrogens is 3. The summed E-state index contributed by atoms with van der Waals surface area (Å²) in [5.74, 6) is 0.369. The number of fused-ring (bicyclic) bond motifs is 1. The summed E-state index contributed by atoms with van der Waals surface area (Å²) in [6.07, 6.45) is 3.87. The normalized spacial score (nSPS) is 11.1. The van der Waals surface area contributed by atoms with Gasteiger partial charge in [0.25, 0.3) is 11.5 Å². The van der Waals surface area contributed by atoms with Gasteiger partial charge in [0, 0.05) is 24.3 Å². The van der Waals surface area contributed by atoms with Crippen LogP contribution in [-0.2, 0) is 6.54 Å². The van der Waals surface area contributed by atoms with Gasteiger partial charge in [0.2, 0.25) is 0 Å². The van der Waals surface area contributed by atoms with Crippen LogP contribution in [0, 0.1) is 13.8 Å². The summed E-state index contributed by atoms with van der Waals surface area (Å²) in [6.45, 7) is 4.21. The Morgan fingerprint density at radius 2 is 1.89 bits per heavy atom. The molecule has 0 spiro atoms. The summed E-state index contributed by atoms with van der Waals surface area (Å²) >= 11 is 1.60. The van der Waals surface area contributed by atoms with Crippen LogP contribution >= 0.6 is 11.3 Å². The summed E-state index contributed by atoms with van der Waals surface area (Å²) in [7, 11) is 1.73. The van der Waals surface area contributed by atoms with E-state index in [4.69, 9.17) is 0 Å². The maximum absolute atomic E-state index is 13.2. The van der Waals surface area contributed by atoms with Gasteiger partial charge in [-0.25, -0.2) is 4.98 Å². The Labute approximate surface area is 166 Å². The Morgan fingerprint density at radius 3 is 2.64 bits per heavy atom. The van der Waals surface area contributed by atoms with Gasteiger partial charge in [-0.15, -0.1) is 11.3 Å². The number of aromatic amines is 1. The van der Waals surface area contributed by atoms with Gasteiger partial charge in [0.15, 0.2) is 0 Å². The second-order valence-electron chi connectivity index (χ2n) is 6.74. The lowest BCUT2D eigenvalue weighted by molar-refractivity contribution is 0.0781. The van der Waals surface area contributed by atoms with E-state index < -0.39 is 0 Å². The number of amides is 1. The lowest BCUT2D eigenvalue weighted by Crippen LogP contribution is -2.29. The van der Waals surface area contributed by atoms with Crippen LogP contribution in [0.15, 0.2) is 53.6 Å². The molecule has 0 atom stereocenters. The molecule has 0 unspecified atom stereocenters. The molecular weight excluding hydrogens is 372 g/mol. The van der Waals surface area contributed by atoms with E-state index in [0.717, 1.165) is 15.4 Å². The molecule has 7 heteroatoms. The Bertz CT molecular complexity index is 1220. The number of hydrogen-bond donors (Lipinski definition) is 1.